The van der Waals surface area contributed by atoms with Gasteiger partial charge in [0.05, 0.1) is 27.7 Å². The molecule has 0 aliphatic carbocycles. The van der Waals surface area contributed by atoms with Crippen molar-refractivity contribution < 1.29 is 9.64 Å². The number of ether oxygens (including phenoxy) is 1. The molecule has 0 saturated carbocycles. The van der Waals surface area contributed by atoms with Crippen LogP contribution in [0.15, 0.2) is 24.3 Å². The molecular weight excluding hydrogens is 210 g/mol. The molecule has 1 rings (SSSR count). The van der Waals surface area contributed by atoms with Gasteiger partial charge in [-0.25, -0.2) is 0 Å². The molecule has 1 aromatic carbocycles. The third-order valence-corrected chi connectivity index (χ3v) is 3.38. The summed E-state index contributed by atoms with van der Waals surface area (Å²) < 4.78 is 5.31. The van der Waals surface area contributed by atoms with E-state index in [2.05, 4.69) is 46.1 Å². The van der Waals surface area contributed by atoms with Crippen molar-refractivity contribution in [1.82, 2.24) is 0 Å². The van der Waals surface area contributed by atoms with E-state index in [-0.39, 0.29) is 0 Å². The van der Waals surface area contributed by atoms with Crippen molar-refractivity contribution in [3.05, 3.63) is 29.8 Å². The lowest BCUT2D eigenvalue weighted by Crippen LogP contribution is -3.06. The van der Waals surface area contributed by atoms with Gasteiger partial charge in [-0.15, -0.1) is 0 Å². The van der Waals surface area contributed by atoms with E-state index in [4.69, 9.17) is 4.74 Å². The fourth-order valence-electron chi connectivity index (χ4n) is 2.62. The van der Waals surface area contributed by atoms with Gasteiger partial charge in [-0.1, -0.05) is 26.0 Å². The maximum Gasteiger partial charge on any atom is 0.119 e. The summed E-state index contributed by atoms with van der Waals surface area (Å²) in [5.74, 6) is 2.28. The van der Waals surface area contributed by atoms with Crippen LogP contribution in [0, 0.1) is 5.92 Å². The van der Waals surface area contributed by atoms with Crippen LogP contribution in [0.5, 0.6) is 5.75 Å². The van der Waals surface area contributed by atoms with Crippen molar-refractivity contribution in [2.45, 2.75) is 26.2 Å². The van der Waals surface area contributed by atoms with E-state index in [0.717, 1.165) is 5.75 Å². The Hall–Kier alpha value is -1.02. The Kier molecular flexibility index (Phi) is 5.49. The molecule has 0 amide bonds. The molecule has 2 nitrogen and oxygen atoms in total. The fraction of sp³-hybridized carbons (Fsp3) is 0.600. The predicted octanol–water partition coefficient (Wildman–Crippen LogP) is 1.97. The minimum absolute atomic E-state index is 0.625. The number of hydrogen-bond donors (Lipinski definition) is 1. The van der Waals surface area contributed by atoms with Gasteiger partial charge in [0.2, 0.25) is 0 Å². The molecule has 0 unspecified atom stereocenters. The van der Waals surface area contributed by atoms with E-state index >= 15 is 0 Å². The van der Waals surface area contributed by atoms with Crippen LogP contribution in [-0.2, 0) is 0 Å². The topological polar surface area (TPSA) is 13.7 Å². The zero-order chi connectivity index (χ0) is 12.8. The molecule has 0 aliphatic rings. The summed E-state index contributed by atoms with van der Waals surface area (Å²) in [6.45, 7) is 5.82. The van der Waals surface area contributed by atoms with Gasteiger partial charge in [-0.3, -0.25) is 0 Å². The number of methoxy groups -OCH3 is 1. The highest BCUT2D eigenvalue weighted by atomic mass is 16.5. The summed E-state index contributed by atoms with van der Waals surface area (Å²) in [5.41, 5.74) is 1.40. The van der Waals surface area contributed by atoms with Crippen molar-refractivity contribution in [2.24, 2.45) is 5.92 Å². The predicted molar refractivity (Wildman–Crippen MR) is 72.9 cm³/mol. The molecule has 0 bridgehead atoms. The van der Waals surface area contributed by atoms with Gasteiger partial charge in [0, 0.05) is 5.92 Å². The van der Waals surface area contributed by atoms with Gasteiger partial charge >= 0.3 is 0 Å². The van der Waals surface area contributed by atoms with Crippen molar-refractivity contribution in [2.75, 3.05) is 27.7 Å². The SMILES string of the molecule is CC[C@@H](c1cccc(OC)c1)[C@@H](C)C[NH+](C)C. The number of benzene rings is 1. The molecule has 2 heteroatoms. The number of rotatable bonds is 6. The Balaban J connectivity index is 2.84. The summed E-state index contributed by atoms with van der Waals surface area (Å²) in [6, 6.07) is 8.50. The third-order valence-electron chi connectivity index (χ3n) is 3.38. The highest BCUT2D eigenvalue weighted by molar-refractivity contribution is 5.31. The molecule has 0 aliphatic heterocycles. The first-order valence-corrected chi connectivity index (χ1v) is 6.51. The summed E-state index contributed by atoms with van der Waals surface area (Å²) in [4.78, 5) is 1.51. The van der Waals surface area contributed by atoms with Gasteiger partial charge < -0.3 is 9.64 Å². The maximum atomic E-state index is 5.31. The monoisotopic (exact) mass is 236 g/mol. The maximum absolute atomic E-state index is 5.31. The van der Waals surface area contributed by atoms with Gasteiger partial charge in [-0.05, 0) is 30.0 Å². The molecule has 0 saturated heterocycles. The first kappa shape index (κ1) is 14.0. The van der Waals surface area contributed by atoms with Crippen molar-refractivity contribution in [3.8, 4) is 5.75 Å². The quantitative estimate of drug-likeness (QED) is 0.797. The normalized spacial score (nSPS) is 14.7. The number of quaternary nitrogens is 1. The molecular formula is C15H26NO+. The molecule has 1 aromatic rings. The molecule has 0 spiro atoms. The van der Waals surface area contributed by atoms with Crippen molar-refractivity contribution in [1.29, 1.82) is 0 Å². The molecule has 0 aromatic heterocycles. The van der Waals surface area contributed by atoms with Crippen LogP contribution >= 0.6 is 0 Å². The highest BCUT2D eigenvalue weighted by Crippen LogP contribution is 2.29. The molecule has 2 atom stereocenters. The fourth-order valence-corrected chi connectivity index (χ4v) is 2.62. The minimum atomic E-state index is 0.625. The molecule has 0 radical (unpaired) electrons. The first-order chi connectivity index (χ1) is 8.08. The Morgan fingerprint density at radius 3 is 2.53 bits per heavy atom. The smallest absolute Gasteiger partial charge is 0.119 e. The lowest BCUT2D eigenvalue weighted by atomic mass is 9.85. The van der Waals surface area contributed by atoms with Gasteiger partial charge in [0.15, 0.2) is 0 Å². The summed E-state index contributed by atoms with van der Waals surface area (Å²) in [7, 11) is 6.16. The lowest BCUT2D eigenvalue weighted by molar-refractivity contribution is -0.862. The average molecular weight is 236 g/mol. The summed E-state index contributed by atoms with van der Waals surface area (Å²) in [6.07, 6.45) is 1.18. The van der Waals surface area contributed by atoms with Crippen LogP contribution in [0.1, 0.15) is 31.7 Å². The Bertz CT molecular complexity index is 335. The molecule has 96 valence electrons. The van der Waals surface area contributed by atoms with Crippen LogP contribution in [0.2, 0.25) is 0 Å². The van der Waals surface area contributed by atoms with Crippen LogP contribution in [0.4, 0.5) is 0 Å². The molecule has 1 N–H and O–H groups in total. The molecule has 0 fully saturated rings. The van der Waals surface area contributed by atoms with Gasteiger partial charge in [-0.2, -0.15) is 0 Å². The van der Waals surface area contributed by atoms with E-state index < -0.39 is 0 Å². The van der Waals surface area contributed by atoms with Crippen LogP contribution in [-0.4, -0.2) is 27.7 Å². The number of nitrogens with one attached hydrogen (secondary N) is 1. The lowest BCUT2D eigenvalue weighted by Gasteiger charge is -2.24. The van der Waals surface area contributed by atoms with Crippen molar-refractivity contribution >= 4 is 0 Å². The van der Waals surface area contributed by atoms with Gasteiger partial charge in [0.25, 0.3) is 0 Å². The van der Waals surface area contributed by atoms with Crippen LogP contribution < -0.4 is 9.64 Å². The Labute approximate surface area is 106 Å². The summed E-state index contributed by atoms with van der Waals surface area (Å²) in [5, 5.41) is 0. The van der Waals surface area contributed by atoms with Crippen LogP contribution in [0.3, 0.4) is 0 Å². The van der Waals surface area contributed by atoms with E-state index in [1.54, 1.807) is 7.11 Å². The van der Waals surface area contributed by atoms with E-state index in [0.29, 0.717) is 11.8 Å². The molecule has 17 heavy (non-hydrogen) atoms. The Morgan fingerprint density at radius 2 is 2.00 bits per heavy atom. The highest BCUT2D eigenvalue weighted by Gasteiger charge is 2.20. The van der Waals surface area contributed by atoms with E-state index in [1.807, 2.05) is 6.07 Å². The third kappa shape index (κ3) is 4.04. The minimum Gasteiger partial charge on any atom is -0.497 e. The largest absolute Gasteiger partial charge is 0.497 e. The van der Waals surface area contributed by atoms with E-state index in [1.165, 1.54) is 23.4 Å². The summed E-state index contributed by atoms with van der Waals surface area (Å²) >= 11 is 0. The van der Waals surface area contributed by atoms with Gasteiger partial charge in [0.1, 0.15) is 5.75 Å². The van der Waals surface area contributed by atoms with E-state index in [9.17, 15) is 0 Å². The second-order valence-corrected chi connectivity index (χ2v) is 5.18. The van der Waals surface area contributed by atoms with Crippen molar-refractivity contribution in [3.63, 3.8) is 0 Å². The second kappa shape index (κ2) is 6.65. The Morgan fingerprint density at radius 1 is 1.29 bits per heavy atom. The number of hydrogen-bond acceptors (Lipinski definition) is 1. The van der Waals surface area contributed by atoms with Crippen LogP contribution in [0.25, 0.3) is 0 Å². The second-order valence-electron chi connectivity index (χ2n) is 5.18. The first-order valence-electron chi connectivity index (χ1n) is 6.51. The standard InChI is InChI=1S/C15H25NO/c1-6-15(12(2)11-16(3)4)13-8-7-9-14(10-13)17-5/h7-10,12,15H,6,11H2,1-5H3/p+1/t12-,15+/m0/s1. The average Bonchev–Trinajstić information content (AvgIpc) is 2.29. The zero-order valence-electron chi connectivity index (χ0n) is 11.8. The molecule has 0 heterocycles. The zero-order valence-corrected chi connectivity index (χ0v) is 11.8.